The van der Waals surface area contributed by atoms with Crippen molar-refractivity contribution in [2.24, 2.45) is 0 Å². The van der Waals surface area contributed by atoms with Crippen molar-refractivity contribution >= 4 is 24.6 Å². The van der Waals surface area contributed by atoms with Crippen molar-refractivity contribution in [3.05, 3.63) is 29.3 Å². The second-order valence-corrected chi connectivity index (χ2v) is 7.19. The third kappa shape index (κ3) is 5.42. The van der Waals surface area contributed by atoms with Gasteiger partial charge < -0.3 is 9.47 Å². The third-order valence-electron chi connectivity index (χ3n) is 2.26. The lowest BCUT2D eigenvalue weighted by molar-refractivity contribution is 0.00155. The van der Waals surface area contributed by atoms with Crippen LogP contribution in [0, 0.1) is 0 Å². The van der Waals surface area contributed by atoms with E-state index >= 15 is 0 Å². The van der Waals surface area contributed by atoms with Crippen molar-refractivity contribution in [3.63, 3.8) is 0 Å². The number of carbonyl (C=O) groups is 2. The molecule has 4 nitrogen and oxygen atoms in total. The van der Waals surface area contributed by atoms with Crippen LogP contribution in [-0.4, -0.2) is 23.1 Å². The van der Waals surface area contributed by atoms with Crippen LogP contribution < -0.4 is 0 Å². The molecule has 0 N–H and O–H groups in total. The minimum Gasteiger partial charge on any atom is -0.456 e. The average molecular weight is 310 g/mol. The third-order valence-corrected chi connectivity index (χ3v) is 2.64. The topological polar surface area (TPSA) is 52.6 Å². The first kappa shape index (κ1) is 17.6. The SMILES string of the molecule is CC(C)(C)OC(=O)c1cccc(S)c1C(=O)OC(C)(C)C. The summed E-state index contributed by atoms with van der Waals surface area (Å²) in [7, 11) is 0. The summed E-state index contributed by atoms with van der Waals surface area (Å²) < 4.78 is 10.6. The van der Waals surface area contributed by atoms with E-state index in [0.717, 1.165) is 0 Å². The summed E-state index contributed by atoms with van der Waals surface area (Å²) in [6.45, 7) is 10.6. The molecule has 0 radical (unpaired) electrons. The summed E-state index contributed by atoms with van der Waals surface area (Å²) in [5, 5.41) is 0. The number of benzene rings is 1. The van der Waals surface area contributed by atoms with Crippen LogP contribution in [0.4, 0.5) is 0 Å². The van der Waals surface area contributed by atoms with Crippen molar-refractivity contribution < 1.29 is 19.1 Å². The monoisotopic (exact) mass is 310 g/mol. The Morgan fingerprint density at radius 2 is 1.38 bits per heavy atom. The Hall–Kier alpha value is -1.49. The molecule has 0 aliphatic heterocycles. The molecule has 0 amide bonds. The van der Waals surface area contributed by atoms with Gasteiger partial charge in [0, 0.05) is 4.90 Å². The van der Waals surface area contributed by atoms with Crippen molar-refractivity contribution in [2.75, 3.05) is 0 Å². The molecular formula is C16H22O4S. The number of hydrogen-bond donors (Lipinski definition) is 1. The highest BCUT2D eigenvalue weighted by Gasteiger charge is 2.27. The van der Waals surface area contributed by atoms with Crippen LogP contribution in [0.1, 0.15) is 62.3 Å². The molecular weight excluding hydrogens is 288 g/mol. The van der Waals surface area contributed by atoms with Gasteiger partial charge in [-0.25, -0.2) is 9.59 Å². The Bertz CT molecular complexity index is 550. The predicted molar refractivity (Wildman–Crippen MR) is 84.0 cm³/mol. The van der Waals surface area contributed by atoms with Gasteiger partial charge in [0.25, 0.3) is 0 Å². The van der Waals surface area contributed by atoms with Gasteiger partial charge in [0.15, 0.2) is 0 Å². The maximum absolute atomic E-state index is 12.3. The standard InChI is InChI=1S/C16H22O4S/c1-15(2,3)19-13(17)10-8-7-9-11(21)12(10)14(18)20-16(4,5)6/h7-9,21H,1-6H3. The summed E-state index contributed by atoms with van der Waals surface area (Å²) in [4.78, 5) is 24.9. The molecule has 1 aromatic carbocycles. The van der Waals surface area contributed by atoms with Crippen molar-refractivity contribution in [1.29, 1.82) is 0 Å². The summed E-state index contributed by atoms with van der Waals surface area (Å²) >= 11 is 4.25. The van der Waals surface area contributed by atoms with Gasteiger partial charge in [0.2, 0.25) is 0 Å². The Labute approximate surface area is 131 Å². The smallest absolute Gasteiger partial charge is 0.340 e. The molecule has 0 fully saturated rings. The van der Waals surface area contributed by atoms with E-state index in [2.05, 4.69) is 12.6 Å². The molecule has 0 aromatic heterocycles. The highest BCUT2D eigenvalue weighted by Crippen LogP contribution is 2.24. The normalized spacial score (nSPS) is 12.0. The first-order chi connectivity index (χ1) is 9.41. The van der Waals surface area contributed by atoms with Crippen LogP contribution in [-0.2, 0) is 9.47 Å². The molecule has 0 aliphatic carbocycles. The number of thiol groups is 1. The van der Waals surface area contributed by atoms with Crippen LogP contribution in [0.3, 0.4) is 0 Å². The first-order valence-electron chi connectivity index (χ1n) is 6.69. The number of rotatable bonds is 2. The Kier molecular flexibility index (Phi) is 5.10. The maximum Gasteiger partial charge on any atom is 0.340 e. The largest absolute Gasteiger partial charge is 0.456 e. The molecule has 0 spiro atoms. The number of esters is 2. The number of ether oxygens (including phenoxy) is 2. The highest BCUT2D eigenvalue weighted by molar-refractivity contribution is 7.80. The fourth-order valence-corrected chi connectivity index (χ4v) is 1.88. The van der Waals surface area contributed by atoms with Gasteiger partial charge in [-0.05, 0) is 53.7 Å². The van der Waals surface area contributed by atoms with Gasteiger partial charge >= 0.3 is 11.9 Å². The summed E-state index contributed by atoms with van der Waals surface area (Å²) in [5.74, 6) is -1.16. The van der Waals surface area contributed by atoms with Crippen LogP contribution in [0.5, 0.6) is 0 Å². The minimum atomic E-state index is -0.654. The zero-order valence-electron chi connectivity index (χ0n) is 13.3. The lowest BCUT2D eigenvalue weighted by Crippen LogP contribution is -2.28. The number of carbonyl (C=O) groups excluding carboxylic acids is 2. The zero-order chi connectivity index (χ0) is 16.4. The molecule has 1 rings (SSSR count). The van der Waals surface area contributed by atoms with Crippen LogP contribution in [0.2, 0.25) is 0 Å². The molecule has 0 unspecified atom stereocenters. The molecule has 0 saturated carbocycles. The van der Waals surface area contributed by atoms with E-state index in [4.69, 9.17) is 9.47 Å². The van der Waals surface area contributed by atoms with Crippen LogP contribution in [0.25, 0.3) is 0 Å². The van der Waals surface area contributed by atoms with E-state index in [0.29, 0.717) is 4.90 Å². The van der Waals surface area contributed by atoms with Crippen molar-refractivity contribution in [2.45, 2.75) is 57.6 Å². The Morgan fingerprint density at radius 3 is 1.86 bits per heavy atom. The maximum atomic E-state index is 12.3. The molecule has 0 saturated heterocycles. The average Bonchev–Trinajstić information content (AvgIpc) is 2.23. The van der Waals surface area contributed by atoms with Gasteiger partial charge in [-0.1, -0.05) is 6.07 Å². The van der Waals surface area contributed by atoms with Gasteiger partial charge in [-0.15, -0.1) is 12.6 Å². The Balaban J connectivity index is 3.21. The second-order valence-electron chi connectivity index (χ2n) is 6.70. The van der Waals surface area contributed by atoms with E-state index in [9.17, 15) is 9.59 Å². The van der Waals surface area contributed by atoms with Gasteiger partial charge in [-0.2, -0.15) is 0 Å². The van der Waals surface area contributed by atoms with E-state index in [1.165, 1.54) is 6.07 Å². The predicted octanol–water partition coefficient (Wildman–Crippen LogP) is 3.89. The summed E-state index contributed by atoms with van der Waals surface area (Å²) in [6.07, 6.45) is 0. The fourth-order valence-electron chi connectivity index (χ4n) is 1.59. The quantitative estimate of drug-likeness (QED) is 0.665. The summed E-state index contributed by atoms with van der Waals surface area (Å²) in [6, 6.07) is 4.82. The van der Waals surface area contributed by atoms with Crippen molar-refractivity contribution in [3.8, 4) is 0 Å². The summed E-state index contributed by atoms with van der Waals surface area (Å²) in [5.41, 5.74) is -1.01. The molecule has 0 atom stereocenters. The molecule has 1 aromatic rings. The molecule has 21 heavy (non-hydrogen) atoms. The van der Waals surface area contributed by atoms with Crippen molar-refractivity contribution in [1.82, 2.24) is 0 Å². The molecule has 0 heterocycles. The van der Waals surface area contributed by atoms with Crippen LogP contribution >= 0.6 is 12.6 Å². The first-order valence-corrected chi connectivity index (χ1v) is 7.14. The van der Waals surface area contributed by atoms with Crippen LogP contribution in [0.15, 0.2) is 23.1 Å². The highest BCUT2D eigenvalue weighted by atomic mass is 32.1. The lowest BCUT2D eigenvalue weighted by atomic mass is 10.1. The molecule has 116 valence electrons. The Morgan fingerprint density at radius 1 is 0.905 bits per heavy atom. The van der Waals surface area contributed by atoms with Gasteiger partial charge in [0.05, 0.1) is 11.1 Å². The number of hydrogen-bond acceptors (Lipinski definition) is 5. The van der Waals surface area contributed by atoms with E-state index < -0.39 is 23.1 Å². The van der Waals surface area contributed by atoms with E-state index in [1.54, 1.807) is 53.7 Å². The lowest BCUT2D eigenvalue weighted by Gasteiger charge is -2.23. The second kappa shape index (κ2) is 6.10. The molecule has 0 aliphatic rings. The molecule has 0 bridgehead atoms. The fraction of sp³-hybridized carbons (Fsp3) is 0.500. The van der Waals surface area contributed by atoms with E-state index in [-0.39, 0.29) is 11.1 Å². The minimum absolute atomic E-state index is 0.130. The zero-order valence-corrected chi connectivity index (χ0v) is 14.2. The molecule has 5 heteroatoms. The van der Waals surface area contributed by atoms with E-state index in [1.807, 2.05) is 0 Å². The van der Waals surface area contributed by atoms with Gasteiger partial charge in [0.1, 0.15) is 11.2 Å². The van der Waals surface area contributed by atoms with Gasteiger partial charge in [-0.3, -0.25) is 0 Å².